The average Bonchev–Trinajstić information content (AvgIpc) is 2.10. The number of carboxylic acid groups (broad SMARTS) is 1. The van der Waals surface area contributed by atoms with E-state index in [9.17, 15) is 9.59 Å². The average molecular weight is 227 g/mol. The standard InChI is InChI=1S/C12H21NO3/c1-8(2)10(12(15)16)7-13-11(14)6-9-4-3-5-9/h8-10H,3-7H2,1-2H3,(H,13,14)(H,15,16). The molecule has 16 heavy (non-hydrogen) atoms. The zero-order valence-electron chi connectivity index (χ0n) is 10.0. The highest BCUT2D eigenvalue weighted by Gasteiger charge is 2.24. The second kappa shape index (κ2) is 5.87. The van der Waals surface area contributed by atoms with E-state index >= 15 is 0 Å². The van der Waals surface area contributed by atoms with Crippen LogP contribution in [-0.2, 0) is 9.59 Å². The summed E-state index contributed by atoms with van der Waals surface area (Å²) < 4.78 is 0. The van der Waals surface area contributed by atoms with Crippen LogP contribution in [0, 0.1) is 17.8 Å². The van der Waals surface area contributed by atoms with Crippen molar-refractivity contribution < 1.29 is 14.7 Å². The van der Waals surface area contributed by atoms with Crippen molar-refractivity contribution in [2.75, 3.05) is 6.54 Å². The maximum absolute atomic E-state index is 11.5. The van der Waals surface area contributed by atoms with Crippen molar-refractivity contribution in [1.29, 1.82) is 0 Å². The number of nitrogens with one attached hydrogen (secondary N) is 1. The maximum Gasteiger partial charge on any atom is 0.308 e. The first-order valence-corrected chi connectivity index (χ1v) is 6.00. The summed E-state index contributed by atoms with van der Waals surface area (Å²) in [6.07, 6.45) is 4.06. The van der Waals surface area contributed by atoms with Gasteiger partial charge in [0.1, 0.15) is 0 Å². The van der Waals surface area contributed by atoms with Gasteiger partial charge in [0.2, 0.25) is 5.91 Å². The molecule has 0 aromatic rings. The third kappa shape index (κ3) is 3.83. The van der Waals surface area contributed by atoms with Crippen LogP contribution in [0.5, 0.6) is 0 Å². The van der Waals surface area contributed by atoms with Crippen molar-refractivity contribution in [3.8, 4) is 0 Å². The van der Waals surface area contributed by atoms with E-state index in [2.05, 4.69) is 5.32 Å². The fourth-order valence-electron chi connectivity index (χ4n) is 1.86. The summed E-state index contributed by atoms with van der Waals surface area (Å²) in [7, 11) is 0. The normalized spacial score (nSPS) is 17.9. The molecule has 0 radical (unpaired) electrons. The molecule has 1 aliphatic carbocycles. The van der Waals surface area contributed by atoms with Crippen LogP contribution in [0.2, 0.25) is 0 Å². The molecule has 1 amide bonds. The van der Waals surface area contributed by atoms with Crippen LogP contribution in [-0.4, -0.2) is 23.5 Å². The van der Waals surface area contributed by atoms with Crippen LogP contribution in [0.25, 0.3) is 0 Å². The van der Waals surface area contributed by atoms with Crippen molar-refractivity contribution in [3.05, 3.63) is 0 Å². The summed E-state index contributed by atoms with van der Waals surface area (Å²) in [5.41, 5.74) is 0. The minimum Gasteiger partial charge on any atom is -0.481 e. The lowest BCUT2D eigenvalue weighted by Crippen LogP contribution is -2.36. The highest BCUT2D eigenvalue weighted by atomic mass is 16.4. The first-order chi connectivity index (χ1) is 7.50. The number of hydrogen-bond donors (Lipinski definition) is 2. The molecule has 92 valence electrons. The molecular weight excluding hydrogens is 206 g/mol. The molecule has 1 aliphatic rings. The summed E-state index contributed by atoms with van der Waals surface area (Å²) in [6, 6.07) is 0. The Hall–Kier alpha value is -1.06. The van der Waals surface area contributed by atoms with E-state index in [1.807, 2.05) is 13.8 Å². The Labute approximate surface area is 96.4 Å². The van der Waals surface area contributed by atoms with Gasteiger partial charge < -0.3 is 10.4 Å². The number of rotatable bonds is 6. The van der Waals surface area contributed by atoms with Crippen molar-refractivity contribution in [1.82, 2.24) is 5.32 Å². The Balaban J connectivity index is 2.25. The predicted molar refractivity (Wildman–Crippen MR) is 60.9 cm³/mol. The van der Waals surface area contributed by atoms with Gasteiger partial charge in [0.05, 0.1) is 5.92 Å². The smallest absolute Gasteiger partial charge is 0.308 e. The monoisotopic (exact) mass is 227 g/mol. The molecule has 0 saturated heterocycles. The molecule has 0 bridgehead atoms. The third-order valence-corrected chi connectivity index (χ3v) is 3.34. The van der Waals surface area contributed by atoms with Gasteiger partial charge in [0.15, 0.2) is 0 Å². The molecule has 1 saturated carbocycles. The van der Waals surface area contributed by atoms with Gasteiger partial charge in [-0.25, -0.2) is 0 Å². The molecule has 0 heterocycles. The van der Waals surface area contributed by atoms with Crippen LogP contribution in [0.3, 0.4) is 0 Å². The van der Waals surface area contributed by atoms with Crippen LogP contribution in [0.1, 0.15) is 39.5 Å². The first-order valence-electron chi connectivity index (χ1n) is 6.00. The minimum absolute atomic E-state index is 0.00315. The fourth-order valence-corrected chi connectivity index (χ4v) is 1.86. The molecule has 1 unspecified atom stereocenters. The third-order valence-electron chi connectivity index (χ3n) is 3.34. The van der Waals surface area contributed by atoms with Gasteiger partial charge in [-0.3, -0.25) is 9.59 Å². The van der Waals surface area contributed by atoms with E-state index in [1.165, 1.54) is 6.42 Å². The van der Waals surface area contributed by atoms with Crippen LogP contribution in [0.4, 0.5) is 0 Å². The molecule has 1 atom stereocenters. The Morgan fingerprint density at radius 3 is 2.38 bits per heavy atom. The van der Waals surface area contributed by atoms with Gasteiger partial charge >= 0.3 is 5.97 Å². The topological polar surface area (TPSA) is 66.4 Å². The molecular formula is C12H21NO3. The molecule has 0 aromatic carbocycles. The molecule has 0 aliphatic heterocycles. The van der Waals surface area contributed by atoms with Crippen molar-refractivity contribution in [3.63, 3.8) is 0 Å². The van der Waals surface area contributed by atoms with Gasteiger partial charge in [-0.1, -0.05) is 20.3 Å². The van der Waals surface area contributed by atoms with E-state index in [0.29, 0.717) is 12.3 Å². The van der Waals surface area contributed by atoms with Crippen LogP contribution >= 0.6 is 0 Å². The van der Waals surface area contributed by atoms with Crippen LogP contribution in [0.15, 0.2) is 0 Å². The molecule has 4 nitrogen and oxygen atoms in total. The Bertz CT molecular complexity index is 259. The van der Waals surface area contributed by atoms with Crippen LogP contribution < -0.4 is 5.32 Å². The summed E-state index contributed by atoms with van der Waals surface area (Å²) >= 11 is 0. The van der Waals surface area contributed by atoms with Gasteiger partial charge in [-0.15, -0.1) is 0 Å². The predicted octanol–water partition coefficient (Wildman–Crippen LogP) is 1.65. The fraction of sp³-hybridized carbons (Fsp3) is 0.833. The zero-order valence-corrected chi connectivity index (χ0v) is 10.0. The molecule has 2 N–H and O–H groups in total. The lowest BCUT2D eigenvalue weighted by atomic mass is 9.83. The van der Waals surface area contributed by atoms with Gasteiger partial charge in [0, 0.05) is 13.0 Å². The molecule has 4 heteroatoms. The molecule has 0 aromatic heterocycles. The largest absolute Gasteiger partial charge is 0.481 e. The Kier molecular flexibility index (Phi) is 4.77. The SMILES string of the molecule is CC(C)C(CNC(=O)CC1CCC1)C(=O)O. The van der Waals surface area contributed by atoms with E-state index in [1.54, 1.807) is 0 Å². The molecule has 1 rings (SSSR count). The highest BCUT2D eigenvalue weighted by Crippen LogP contribution is 2.29. The number of amides is 1. The summed E-state index contributed by atoms with van der Waals surface area (Å²) in [4.78, 5) is 22.4. The van der Waals surface area contributed by atoms with E-state index in [0.717, 1.165) is 12.8 Å². The number of hydrogen-bond acceptors (Lipinski definition) is 2. The second-order valence-electron chi connectivity index (χ2n) is 4.99. The van der Waals surface area contributed by atoms with Crippen molar-refractivity contribution in [2.45, 2.75) is 39.5 Å². The lowest BCUT2D eigenvalue weighted by molar-refractivity contribution is -0.143. The van der Waals surface area contributed by atoms with E-state index in [-0.39, 0.29) is 18.4 Å². The lowest BCUT2D eigenvalue weighted by Gasteiger charge is -2.25. The van der Waals surface area contributed by atoms with Crippen molar-refractivity contribution >= 4 is 11.9 Å². The number of aliphatic carboxylic acids is 1. The Morgan fingerprint density at radius 2 is 2.00 bits per heavy atom. The number of carbonyl (C=O) groups is 2. The first kappa shape index (κ1) is 13.0. The summed E-state index contributed by atoms with van der Waals surface area (Å²) in [5, 5.41) is 11.7. The summed E-state index contributed by atoms with van der Waals surface area (Å²) in [6.45, 7) is 3.96. The number of carboxylic acids is 1. The van der Waals surface area contributed by atoms with Gasteiger partial charge in [-0.05, 0) is 24.7 Å². The maximum atomic E-state index is 11.5. The second-order valence-corrected chi connectivity index (χ2v) is 4.99. The van der Waals surface area contributed by atoms with E-state index < -0.39 is 11.9 Å². The minimum atomic E-state index is -0.834. The number of carbonyl (C=O) groups excluding carboxylic acids is 1. The summed E-state index contributed by atoms with van der Waals surface area (Å²) in [5.74, 6) is -0.746. The van der Waals surface area contributed by atoms with Gasteiger partial charge in [-0.2, -0.15) is 0 Å². The van der Waals surface area contributed by atoms with Crippen molar-refractivity contribution in [2.24, 2.45) is 17.8 Å². The molecule has 0 spiro atoms. The molecule has 1 fully saturated rings. The van der Waals surface area contributed by atoms with E-state index in [4.69, 9.17) is 5.11 Å². The quantitative estimate of drug-likeness (QED) is 0.725. The highest BCUT2D eigenvalue weighted by molar-refractivity contribution is 5.77. The zero-order chi connectivity index (χ0) is 12.1. The Morgan fingerprint density at radius 1 is 1.38 bits per heavy atom. The van der Waals surface area contributed by atoms with Gasteiger partial charge in [0.25, 0.3) is 0 Å².